The lowest BCUT2D eigenvalue weighted by Gasteiger charge is -2.19. The Morgan fingerprint density at radius 2 is 1.87 bits per heavy atom. The second-order valence-corrected chi connectivity index (χ2v) is 9.68. The van der Waals surface area contributed by atoms with Crippen molar-refractivity contribution in [2.75, 3.05) is 35.7 Å². The van der Waals surface area contributed by atoms with Crippen molar-refractivity contribution in [2.24, 2.45) is 0 Å². The lowest BCUT2D eigenvalue weighted by molar-refractivity contribution is -0.117. The van der Waals surface area contributed by atoms with Crippen LogP contribution in [0.3, 0.4) is 0 Å². The number of rotatable bonds is 6. The van der Waals surface area contributed by atoms with Crippen molar-refractivity contribution in [3.05, 3.63) is 42.0 Å². The molecule has 0 radical (unpaired) electrons. The Bertz CT molecular complexity index is 1130. The summed E-state index contributed by atoms with van der Waals surface area (Å²) in [4.78, 5) is 26.1. The predicted octanol–water partition coefficient (Wildman–Crippen LogP) is 2.70. The van der Waals surface area contributed by atoms with E-state index in [1.54, 1.807) is 29.2 Å². The smallest absolute Gasteiger partial charge is 0.227 e. The van der Waals surface area contributed by atoms with Crippen molar-refractivity contribution in [1.82, 2.24) is 0 Å². The van der Waals surface area contributed by atoms with Crippen LogP contribution in [-0.4, -0.2) is 45.7 Å². The summed E-state index contributed by atoms with van der Waals surface area (Å²) >= 11 is 0. The molecule has 0 saturated carbocycles. The zero-order valence-corrected chi connectivity index (χ0v) is 18.0. The number of fused-ring (bicyclic) bond motifs is 1. The third-order valence-electron chi connectivity index (χ3n) is 5.32. The van der Waals surface area contributed by atoms with Gasteiger partial charge in [-0.3, -0.25) is 9.59 Å². The number of carbonyl (C=O) groups excluding carboxylic acids is 2. The Morgan fingerprint density at radius 1 is 1.10 bits per heavy atom. The van der Waals surface area contributed by atoms with Crippen LogP contribution in [0, 0.1) is 6.92 Å². The molecule has 2 amide bonds. The van der Waals surface area contributed by atoms with Gasteiger partial charge in [0.15, 0.2) is 21.3 Å². The maximum absolute atomic E-state index is 12.6. The van der Waals surface area contributed by atoms with E-state index >= 15 is 0 Å². The largest absolute Gasteiger partial charge is 0.486 e. The molecule has 9 heteroatoms. The van der Waals surface area contributed by atoms with Gasteiger partial charge in [0.25, 0.3) is 0 Å². The van der Waals surface area contributed by atoms with E-state index in [0.29, 0.717) is 43.4 Å². The number of sulfone groups is 1. The third kappa shape index (κ3) is 4.66. The van der Waals surface area contributed by atoms with Crippen LogP contribution in [0.2, 0.25) is 0 Å². The second kappa shape index (κ2) is 8.58. The number of amides is 2. The van der Waals surface area contributed by atoms with Crippen molar-refractivity contribution in [3.8, 4) is 11.5 Å². The molecule has 4 rings (SSSR count). The van der Waals surface area contributed by atoms with Crippen LogP contribution < -0.4 is 19.7 Å². The van der Waals surface area contributed by atoms with E-state index in [-0.39, 0.29) is 23.0 Å². The fraction of sp³-hybridized carbons (Fsp3) is 0.364. The highest BCUT2D eigenvalue weighted by Crippen LogP contribution is 2.32. The molecule has 0 unspecified atom stereocenters. The molecule has 2 aromatic carbocycles. The van der Waals surface area contributed by atoms with Crippen molar-refractivity contribution in [1.29, 1.82) is 0 Å². The lowest BCUT2D eigenvalue weighted by atomic mass is 10.1. The van der Waals surface area contributed by atoms with E-state index in [4.69, 9.17) is 9.47 Å². The highest BCUT2D eigenvalue weighted by Gasteiger charge is 2.23. The van der Waals surface area contributed by atoms with Crippen LogP contribution >= 0.6 is 0 Å². The fourth-order valence-electron chi connectivity index (χ4n) is 3.72. The summed E-state index contributed by atoms with van der Waals surface area (Å²) in [6.07, 6.45) is 1.21. The molecule has 2 aliphatic rings. The number of carbonyl (C=O) groups is 2. The summed E-state index contributed by atoms with van der Waals surface area (Å²) in [5.41, 5.74) is 2.27. The van der Waals surface area contributed by atoms with Crippen molar-refractivity contribution >= 4 is 33.0 Å². The minimum atomic E-state index is -3.65. The van der Waals surface area contributed by atoms with Crippen LogP contribution in [0.25, 0.3) is 0 Å². The fourth-order valence-corrected chi connectivity index (χ4v) is 4.98. The van der Waals surface area contributed by atoms with E-state index in [1.807, 2.05) is 6.92 Å². The van der Waals surface area contributed by atoms with Crippen LogP contribution in [0.4, 0.5) is 11.4 Å². The normalized spacial score (nSPS) is 15.8. The van der Waals surface area contributed by atoms with Gasteiger partial charge in [-0.05, 0) is 49.2 Å². The number of nitrogens with zero attached hydrogens (tertiary/aromatic N) is 1. The molecule has 0 atom stereocenters. The SMILES string of the molecule is Cc1cc(NC(=O)CCS(=O)(=O)c2ccc3c(c2)OCCO3)ccc1N1CCCC1=O. The molecule has 31 heavy (non-hydrogen) atoms. The molecule has 2 aliphatic heterocycles. The zero-order valence-electron chi connectivity index (χ0n) is 17.2. The first-order chi connectivity index (χ1) is 14.8. The molecule has 2 heterocycles. The molecular weight excluding hydrogens is 420 g/mol. The first-order valence-corrected chi connectivity index (χ1v) is 11.8. The third-order valence-corrected chi connectivity index (χ3v) is 7.03. The standard InChI is InChI=1S/C22H24N2O6S/c1-15-13-16(4-6-18(15)24-9-2-3-22(24)26)23-21(25)8-12-31(27,28)17-5-7-19-20(14-17)30-11-10-29-19/h4-7,13-14H,2-3,8-12H2,1H3,(H,23,25). The zero-order chi connectivity index (χ0) is 22.0. The minimum Gasteiger partial charge on any atom is -0.486 e. The number of nitrogens with one attached hydrogen (secondary N) is 1. The molecule has 1 fully saturated rings. The monoisotopic (exact) mass is 444 g/mol. The summed E-state index contributed by atoms with van der Waals surface area (Å²) in [5, 5.41) is 2.73. The van der Waals surface area contributed by atoms with Gasteiger partial charge in [0.1, 0.15) is 13.2 Å². The van der Waals surface area contributed by atoms with Crippen LogP contribution in [-0.2, 0) is 19.4 Å². The van der Waals surface area contributed by atoms with E-state index < -0.39 is 15.7 Å². The molecule has 0 spiro atoms. The van der Waals surface area contributed by atoms with Crippen molar-refractivity contribution in [2.45, 2.75) is 31.1 Å². The average Bonchev–Trinajstić information content (AvgIpc) is 3.18. The predicted molar refractivity (Wildman–Crippen MR) is 115 cm³/mol. The molecular formula is C22H24N2O6S. The van der Waals surface area contributed by atoms with Gasteiger partial charge < -0.3 is 19.7 Å². The quantitative estimate of drug-likeness (QED) is 0.735. The number of hydrogen-bond acceptors (Lipinski definition) is 6. The summed E-state index contributed by atoms with van der Waals surface area (Å²) in [6.45, 7) is 3.36. The van der Waals surface area contributed by atoms with Crippen LogP contribution in [0.1, 0.15) is 24.8 Å². The number of hydrogen-bond donors (Lipinski definition) is 1. The Hall–Kier alpha value is -3.07. The first-order valence-electron chi connectivity index (χ1n) is 10.2. The van der Waals surface area contributed by atoms with Crippen molar-refractivity contribution < 1.29 is 27.5 Å². The van der Waals surface area contributed by atoms with Gasteiger partial charge in [-0.2, -0.15) is 0 Å². The molecule has 1 N–H and O–H groups in total. The summed E-state index contributed by atoms with van der Waals surface area (Å²) in [6, 6.07) is 9.78. The van der Waals surface area contributed by atoms with Gasteiger partial charge in [-0.15, -0.1) is 0 Å². The summed E-state index contributed by atoms with van der Waals surface area (Å²) in [7, 11) is -3.65. The number of aryl methyl sites for hydroxylation is 1. The maximum Gasteiger partial charge on any atom is 0.227 e. The molecule has 0 aliphatic carbocycles. The van der Waals surface area contributed by atoms with Gasteiger partial charge in [0.05, 0.1) is 10.6 Å². The highest BCUT2D eigenvalue weighted by atomic mass is 32.2. The Balaban J connectivity index is 1.37. The van der Waals surface area contributed by atoms with Gasteiger partial charge >= 0.3 is 0 Å². The highest BCUT2D eigenvalue weighted by molar-refractivity contribution is 7.91. The number of benzene rings is 2. The Morgan fingerprint density at radius 3 is 2.58 bits per heavy atom. The molecule has 2 aromatic rings. The molecule has 164 valence electrons. The number of anilines is 2. The van der Waals surface area contributed by atoms with Gasteiger partial charge in [0.2, 0.25) is 11.8 Å². The van der Waals surface area contributed by atoms with E-state index in [0.717, 1.165) is 17.7 Å². The topological polar surface area (TPSA) is 102 Å². The molecule has 0 aromatic heterocycles. The Labute approximate surface area is 181 Å². The van der Waals surface area contributed by atoms with Crippen molar-refractivity contribution in [3.63, 3.8) is 0 Å². The molecule has 0 bridgehead atoms. The van der Waals surface area contributed by atoms with Gasteiger partial charge in [-0.25, -0.2) is 8.42 Å². The second-order valence-electron chi connectivity index (χ2n) is 7.57. The van der Waals surface area contributed by atoms with Gasteiger partial charge in [0, 0.05) is 36.8 Å². The van der Waals surface area contributed by atoms with E-state index in [2.05, 4.69) is 5.32 Å². The Kier molecular flexibility index (Phi) is 5.86. The summed E-state index contributed by atoms with van der Waals surface area (Å²) < 4.78 is 36.1. The lowest BCUT2D eigenvalue weighted by Crippen LogP contribution is -2.24. The van der Waals surface area contributed by atoms with Crippen LogP contribution in [0.15, 0.2) is 41.3 Å². The number of ether oxygens (including phenoxy) is 2. The summed E-state index contributed by atoms with van der Waals surface area (Å²) in [5.74, 6) is 0.286. The van der Waals surface area contributed by atoms with E-state index in [9.17, 15) is 18.0 Å². The van der Waals surface area contributed by atoms with Gasteiger partial charge in [-0.1, -0.05) is 0 Å². The molecule has 1 saturated heterocycles. The first kappa shape index (κ1) is 21.2. The maximum atomic E-state index is 12.6. The van der Waals surface area contributed by atoms with E-state index in [1.165, 1.54) is 12.1 Å². The minimum absolute atomic E-state index is 0.0972. The van der Waals surface area contributed by atoms with Crippen LogP contribution in [0.5, 0.6) is 11.5 Å². The molecule has 8 nitrogen and oxygen atoms in total. The average molecular weight is 445 g/mol.